The number of hydrogen-bond donors (Lipinski definition) is 2. The molecule has 0 aromatic heterocycles. The van der Waals surface area contributed by atoms with Crippen LogP contribution in [0.5, 0.6) is 11.5 Å². The molecule has 0 spiro atoms. The third kappa shape index (κ3) is 5.76. The number of aliphatic carboxylic acids is 1. The van der Waals surface area contributed by atoms with Gasteiger partial charge < -0.3 is 19.9 Å². The van der Waals surface area contributed by atoms with Crippen molar-refractivity contribution in [2.75, 3.05) is 7.11 Å². The van der Waals surface area contributed by atoms with E-state index < -0.39 is 12.0 Å². The molecule has 5 nitrogen and oxygen atoms in total. The summed E-state index contributed by atoms with van der Waals surface area (Å²) < 4.78 is 11.2. The first-order valence-corrected chi connectivity index (χ1v) is 9.27. The fraction of sp³-hybridized carbons (Fsp3) is 0.350. The highest BCUT2D eigenvalue weighted by atomic mass is 35.5. The fourth-order valence-electron chi connectivity index (χ4n) is 2.58. The summed E-state index contributed by atoms with van der Waals surface area (Å²) in [5, 5.41) is 13.4. The Kier molecular flexibility index (Phi) is 7.78. The Balaban J connectivity index is 2.14. The Labute approximate surface area is 169 Å². The van der Waals surface area contributed by atoms with Crippen LogP contribution in [0.15, 0.2) is 36.4 Å². The van der Waals surface area contributed by atoms with E-state index in [0.717, 1.165) is 11.1 Å². The van der Waals surface area contributed by atoms with E-state index in [2.05, 4.69) is 5.32 Å². The summed E-state index contributed by atoms with van der Waals surface area (Å²) in [7, 11) is 1.54. The average Bonchev–Trinajstić information content (AvgIpc) is 2.62. The standard InChI is InChI=1S/C20H23Cl2NO4/c1-12(2)19(20(24)25)23-10-14-8-17(26-3)18(9-16(14)22)27-11-13-6-4-5-7-15(13)21/h4-9,12,19,23H,10-11H2,1-3H3,(H,24,25). The first-order valence-electron chi connectivity index (χ1n) is 8.52. The molecule has 2 rings (SSSR count). The molecule has 0 amide bonds. The van der Waals surface area contributed by atoms with E-state index in [-0.39, 0.29) is 12.5 Å². The minimum Gasteiger partial charge on any atom is -0.493 e. The predicted molar refractivity (Wildman–Crippen MR) is 107 cm³/mol. The molecule has 2 aromatic carbocycles. The second-order valence-electron chi connectivity index (χ2n) is 6.42. The normalized spacial score (nSPS) is 12.1. The van der Waals surface area contributed by atoms with Crippen molar-refractivity contribution in [1.82, 2.24) is 5.32 Å². The third-order valence-electron chi connectivity index (χ3n) is 4.12. The maximum Gasteiger partial charge on any atom is 0.320 e. The predicted octanol–water partition coefficient (Wildman–Crippen LogP) is 4.78. The van der Waals surface area contributed by atoms with Crippen molar-refractivity contribution in [3.05, 3.63) is 57.6 Å². The van der Waals surface area contributed by atoms with E-state index in [1.54, 1.807) is 18.2 Å². The van der Waals surface area contributed by atoms with Crippen LogP contribution >= 0.6 is 23.2 Å². The van der Waals surface area contributed by atoms with Crippen LogP contribution in [-0.4, -0.2) is 24.2 Å². The quantitative estimate of drug-likeness (QED) is 0.621. The SMILES string of the molecule is COc1cc(CNC(C(=O)O)C(C)C)c(Cl)cc1OCc1ccccc1Cl. The number of rotatable bonds is 9. The highest BCUT2D eigenvalue weighted by molar-refractivity contribution is 6.31. The Hall–Kier alpha value is -1.95. The minimum absolute atomic E-state index is 0.0543. The smallest absolute Gasteiger partial charge is 0.320 e. The van der Waals surface area contributed by atoms with Crippen molar-refractivity contribution < 1.29 is 19.4 Å². The zero-order valence-electron chi connectivity index (χ0n) is 15.5. The molecular weight excluding hydrogens is 389 g/mol. The van der Waals surface area contributed by atoms with Crippen molar-refractivity contribution in [3.8, 4) is 11.5 Å². The molecule has 0 saturated carbocycles. The zero-order chi connectivity index (χ0) is 20.0. The van der Waals surface area contributed by atoms with Gasteiger partial charge in [0.05, 0.1) is 7.11 Å². The molecule has 2 N–H and O–H groups in total. The second-order valence-corrected chi connectivity index (χ2v) is 7.23. The van der Waals surface area contributed by atoms with Crippen LogP contribution in [0, 0.1) is 5.92 Å². The van der Waals surface area contributed by atoms with E-state index in [0.29, 0.717) is 28.1 Å². The minimum atomic E-state index is -0.896. The summed E-state index contributed by atoms with van der Waals surface area (Å²) in [5.74, 6) is 0.0543. The van der Waals surface area contributed by atoms with Gasteiger partial charge in [-0.2, -0.15) is 0 Å². The first-order chi connectivity index (χ1) is 12.8. The molecule has 0 radical (unpaired) electrons. The number of halogens is 2. The van der Waals surface area contributed by atoms with Crippen LogP contribution in [0.3, 0.4) is 0 Å². The Morgan fingerprint density at radius 2 is 1.81 bits per heavy atom. The number of carboxylic acids is 1. The lowest BCUT2D eigenvalue weighted by atomic mass is 10.0. The summed E-state index contributed by atoms with van der Waals surface area (Å²) in [5.41, 5.74) is 1.58. The van der Waals surface area contributed by atoms with E-state index in [4.69, 9.17) is 32.7 Å². The van der Waals surface area contributed by atoms with Crippen LogP contribution in [0.25, 0.3) is 0 Å². The van der Waals surface area contributed by atoms with Crippen molar-refractivity contribution in [2.24, 2.45) is 5.92 Å². The van der Waals surface area contributed by atoms with Crippen molar-refractivity contribution in [2.45, 2.75) is 33.0 Å². The lowest BCUT2D eigenvalue weighted by molar-refractivity contribution is -0.140. The molecule has 0 bridgehead atoms. The number of methoxy groups -OCH3 is 1. The van der Waals surface area contributed by atoms with Crippen LogP contribution < -0.4 is 14.8 Å². The third-order valence-corrected chi connectivity index (χ3v) is 4.84. The molecule has 0 aliphatic rings. The van der Waals surface area contributed by atoms with Crippen LogP contribution in [0.4, 0.5) is 0 Å². The maximum atomic E-state index is 11.3. The van der Waals surface area contributed by atoms with E-state index in [1.807, 2.05) is 32.0 Å². The van der Waals surface area contributed by atoms with Crippen molar-refractivity contribution in [1.29, 1.82) is 0 Å². The lowest BCUT2D eigenvalue weighted by Gasteiger charge is -2.19. The number of ether oxygens (including phenoxy) is 2. The maximum absolute atomic E-state index is 11.3. The largest absolute Gasteiger partial charge is 0.493 e. The average molecular weight is 412 g/mol. The summed E-state index contributed by atoms with van der Waals surface area (Å²) in [4.78, 5) is 11.3. The van der Waals surface area contributed by atoms with Gasteiger partial charge in [-0.05, 0) is 23.6 Å². The molecule has 0 fully saturated rings. The van der Waals surface area contributed by atoms with Crippen molar-refractivity contribution >= 4 is 29.2 Å². The number of hydrogen-bond acceptors (Lipinski definition) is 4. The number of carboxylic acid groups (broad SMARTS) is 1. The molecule has 2 aromatic rings. The van der Waals surface area contributed by atoms with Crippen LogP contribution in [0.1, 0.15) is 25.0 Å². The Morgan fingerprint density at radius 1 is 1.11 bits per heavy atom. The summed E-state index contributed by atoms with van der Waals surface area (Å²) in [6, 6.07) is 10.2. The molecule has 7 heteroatoms. The molecule has 1 unspecified atom stereocenters. The lowest BCUT2D eigenvalue weighted by Crippen LogP contribution is -2.40. The summed E-state index contributed by atoms with van der Waals surface area (Å²) in [6.07, 6.45) is 0. The molecule has 1 atom stereocenters. The van der Waals surface area contributed by atoms with Crippen LogP contribution in [0.2, 0.25) is 10.0 Å². The van der Waals surface area contributed by atoms with Gasteiger partial charge in [-0.25, -0.2) is 0 Å². The molecule has 0 saturated heterocycles. The highest BCUT2D eigenvalue weighted by Gasteiger charge is 2.21. The molecule has 0 heterocycles. The van der Waals surface area contributed by atoms with E-state index in [1.165, 1.54) is 7.11 Å². The first kappa shape index (κ1) is 21.4. The number of benzene rings is 2. The molecule has 27 heavy (non-hydrogen) atoms. The van der Waals surface area contributed by atoms with Gasteiger partial charge in [0.25, 0.3) is 0 Å². The van der Waals surface area contributed by atoms with Gasteiger partial charge in [-0.15, -0.1) is 0 Å². The molecular formula is C20H23Cl2NO4. The summed E-state index contributed by atoms with van der Waals surface area (Å²) >= 11 is 12.5. The Bertz CT molecular complexity index is 796. The van der Waals surface area contributed by atoms with Gasteiger partial charge in [0.2, 0.25) is 0 Å². The van der Waals surface area contributed by atoms with Gasteiger partial charge in [0.15, 0.2) is 11.5 Å². The van der Waals surface area contributed by atoms with Gasteiger partial charge in [0, 0.05) is 28.2 Å². The topological polar surface area (TPSA) is 67.8 Å². The number of nitrogens with one attached hydrogen (secondary N) is 1. The monoisotopic (exact) mass is 411 g/mol. The van der Waals surface area contributed by atoms with E-state index >= 15 is 0 Å². The summed E-state index contributed by atoms with van der Waals surface area (Å²) in [6.45, 7) is 4.27. The molecule has 146 valence electrons. The van der Waals surface area contributed by atoms with Gasteiger partial charge in [-0.1, -0.05) is 55.2 Å². The molecule has 0 aliphatic heterocycles. The second kappa shape index (κ2) is 9.83. The number of carbonyl (C=O) groups is 1. The van der Waals surface area contributed by atoms with Crippen molar-refractivity contribution in [3.63, 3.8) is 0 Å². The Morgan fingerprint density at radius 3 is 2.41 bits per heavy atom. The van der Waals surface area contributed by atoms with E-state index in [9.17, 15) is 9.90 Å². The zero-order valence-corrected chi connectivity index (χ0v) is 17.0. The van der Waals surface area contributed by atoms with Gasteiger partial charge in [0.1, 0.15) is 12.6 Å². The van der Waals surface area contributed by atoms with Gasteiger partial charge in [-0.3, -0.25) is 4.79 Å². The van der Waals surface area contributed by atoms with Gasteiger partial charge >= 0.3 is 5.97 Å². The molecule has 0 aliphatic carbocycles. The fourth-order valence-corrected chi connectivity index (χ4v) is 2.99. The van der Waals surface area contributed by atoms with Crippen LogP contribution in [-0.2, 0) is 17.9 Å². The highest BCUT2D eigenvalue weighted by Crippen LogP contribution is 2.34.